The Morgan fingerprint density at radius 2 is 1.90 bits per heavy atom. The minimum absolute atomic E-state index is 0.0105. The van der Waals surface area contributed by atoms with Gasteiger partial charge in [-0.15, -0.1) is 0 Å². The van der Waals surface area contributed by atoms with E-state index in [0.717, 1.165) is 11.1 Å². The first-order valence-corrected chi connectivity index (χ1v) is 6.69. The number of anilines is 1. The van der Waals surface area contributed by atoms with Crippen LogP contribution in [0.2, 0.25) is 5.02 Å². The van der Waals surface area contributed by atoms with Gasteiger partial charge in [0.25, 0.3) is 5.69 Å². The molecular formula is C15H14ClFN2O2. The lowest BCUT2D eigenvalue weighted by atomic mass is 10.1. The first-order valence-electron chi connectivity index (χ1n) is 6.32. The maximum atomic E-state index is 13.0. The zero-order valence-electron chi connectivity index (χ0n) is 11.6. The van der Waals surface area contributed by atoms with E-state index < -0.39 is 10.7 Å². The van der Waals surface area contributed by atoms with E-state index in [1.165, 1.54) is 18.2 Å². The van der Waals surface area contributed by atoms with Gasteiger partial charge in [-0.25, -0.2) is 4.39 Å². The summed E-state index contributed by atoms with van der Waals surface area (Å²) in [5.41, 5.74) is 2.91. The number of nitro benzene ring substituents is 1. The normalized spacial score (nSPS) is 10.5. The maximum absolute atomic E-state index is 13.0. The van der Waals surface area contributed by atoms with Crippen LogP contribution >= 0.6 is 11.6 Å². The van der Waals surface area contributed by atoms with Crippen LogP contribution in [0.25, 0.3) is 0 Å². The van der Waals surface area contributed by atoms with Crippen LogP contribution in [0.4, 0.5) is 15.8 Å². The molecule has 0 radical (unpaired) electrons. The second kappa shape index (κ2) is 6.10. The Hall–Kier alpha value is -2.14. The molecule has 0 aliphatic heterocycles. The summed E-state index contributed by atoms with van der Waals surface area (Å²) in [4.78, 5) is 10.7. The smallest absolute Gasteiger partial charge is 0.292 e. The van der Waals surface area contributed by atoms with Gasteiger partial charge in [0.2, 0.25) is 0 Å². The van der Waals surface area contributed by atoms with Gasteiger partial charge < -0.3 is 5.32 Å². The highest BCUT2D eigenvalue weighted by Crippen LogP contribution is 2.29. The summed E-state index contributed by atoms with van der Waals surface area (Å²) in [6.07, 6.45) is 0. The van der Waals surface area contributed by atoms with Crippen LogP contribution in [0.15, 0.2) is 30.3 Å². The van der Waals surface area contributed by atoms with E-state index in [9.17, 15) is 14.5 Å². The SMILES string of the molecule is Cc1cc(NCc2ccc(F)cc2Cl)c([N+](=O)[O-])cc1C. The molecule has 4 nitrogen and oxygen atoms in total. The highest BCUT2D eigenvalue weighted by atomic mass is 35.5. The van der Waals surface area contributed by atoms with E-state index >= 15 is 0 Å². The van der Waals surface area contributed by atoms with Gasteiger partial charge >= 0.3 is 0 Å². The highest BCUT2D eigenvalue weighted by molar-refractivity contribution is 6.31. The number of hydrogen-bond donors (Lipinski definition) is 1. The summed E-state index contributed by atoms with van der Waals surface area (Å²) in [7, 11) is 0. The monoisotopic (exact) mass is 308 g/mol. The third kappa shape index (κ3) is 3.49. The lowest BCUT2D eigenvalue weighted by Gasteiger charge is -2.11. The topological polar surface area (TPSA) is 55.2 Å². The van der Waals surface area contributed by atoms with Crippen molar-refractivity contribution in [3.05, 3.63) is 68.0 Å². The summed E-state index contributed by atoms with van der Waals surface area (Å²) in [5.74, 6) is -0.416. The van der Waals surface area contributed by atoms with Gasteiger partial charge in [0.15, 0.2) is 0 Å². The lowest BCUT2D eigenvalue weighted by Crippen LogP contribution is -2.04. The van der Waals surface area contributed by atoms with E-state index in [1.54, 1.807) is 12.1 Å². The van der Waals surface area contributed by atoms with Gasteiger partial charge in [-0.3, -0.25) is 10.1 Å². The van der Waals surface area contributed by atoms with Crippen molar-refractivity contribution in [2.45, 2.75) is 20.4 Å². The van der Waals surface area contributed by atoms with Crippen molar-refractivity contribution in [3.8, 4) is 0 Å². The molecular weight excluding hydrogens is 295 g/mol. The Bertz CT molecular complexity index is 704. The summed E-state index contributed by atoms with van der Waals surface area (Å²) in [5, 5.41) is 14.4. The minimum atomic E-state index is -0.430. The molecule has 110 valence electrons. The Morgan fingerprint density at radius 1 is 1.24 bits per heavy atom. The van der Waals surface area contributed by atoms with Crippen LogP contribution < -0.4 is 5.32 Å². The number of halogens is 2. The first kappa shape index (κ1) is 15.3. The third-order valence-corrected chi connectivity index (χ3v) is 3.64. The van der Waals surface area contributed by atoms with Crippen molar-refractivity contribution in [3.63, 3.8) is 0 Å². The highest BCUT2D eigenvalue weighted by Gasteiger charge is 2.15. The predicted molar refractivity (Wildman–Crippen MR) is 81.3 cm³/mol. The lowest BCUT2D eigenvalue weighted by molar-refractivity contribution is -0.384. The van der Waals surface area contributed by atoms with Gasteiger partial charge in [-0.05, 0) is 48.7 Å². The summed E-state index contributed by atoms with van der Waals surface area (Å²) in [6.45, 7) is 3.99. The first-order chi connectivity index (χ1) is 9.88. The van der Waals surface area contributed by atoms with Crippen LogP contribution in [0, 0.1) is 29.8 Å². The van der Waals surface area contributed by atoms with Gasteiger partial charge in [0.1, 0.15) is 11.5 Å². The molecule has 1 N–H and O–H groups in total. The average molecular weight is 309 g/mol. The Labute approximate surface area is 126 Å². The standard InChI is InChI=1S/C15H14ClFN2O2/c1-9-5-14(15(19(20)21)6-10(9)2)18-8-11-3-4-12(17)7-13(11)16/h3-7,18H,8H2,1-2H3. The fraction of sp³-hybridized carbons (Fsp3) is 0.200. The summed E-state index contributed by atoms with van der Waals surface area (Å²) in [6, 6.07) is 7.33. The van der Waals surface area contributed by atoms with Crippen molar-refractivity contribution in [2.75, 3.05) is 5.32 Å². The van der Waals surface area contributed by atoms with E-state index in [-0.39, 0.29) is 17.3 Å². The Balaban J connectivity index is 2.27. The van der Waals surface area contributed by atoms with Gasteiger partial charge in [0, 0.05) is 17.6 Å². The quantitative estimate of drug-likeness (QED) is 0.662. The number of nitrogens with one attached hydrogen (secondary N) is 1. The second-order valence-electron chi connectivity index (χ2n) is 4.80. The Kier molecular flexibility index (Phi) is 4.43. The average Bonchev–Trinajstić information content (AvgIpc) is 2.41. The van der Waals surface area contributed by atoms with E-state index in [2.05, 4.69) is 5.32 Å². The van der Waals surface area contributed by atoms with Crippen LogP contribution in [0.5, 0.6) is 0 Å². The predicted octanol–water partition coefficient (Wildman–Crippen LogP) is 4.62. The molecule has 0 bridgehead atoms. The van der Waals surface area contributed by atoms with Crippen molar-refractivity contribution in [2.24, 2.45) is 0 Å². The largest absolute Gasteiger partial charge is 0.375 e. The molecule has 0 saturated carbocycles. The van der Waals surface area contributed by atoms with Crippen LogP contribution in [-0.2, 0) is 6.54 Å². The number of nitro groups is 1. The number of benzene rings is 2. The molecule has 0 heterocycles. The molecule has 21 heavy (non-hydrogen) atoms. The molecule has 0 aromatic heterocycles. The van der Waals surface area contributed by atoms with Crippen LogP contribution in [0.3, 0.4) is 0 Å². The molecule has 0 saturated heterocycles. The van der Waals surface area contributed by atoms with Crippen molar-refractivity contribution in [1.82, 2.24) is 0 Å². The van der Waals surface area contributed by atoms with E-state index in [1.807, 2.05) is 13.8 Å². The molecule has 2 rings (SSSR count). The number of aryl methyl sites for hydroxylation is 2. The molecule has 0 amide bonds. The second-order valence-corrected chi connectivity index (χ2v) is 5.21. The fourth-order valence-electron chi connectivity index (χ4n) is 1.95. The van der Waals surface area contributed by atoms with Crippen molar-refractivity contribution < 1.29 is 9.31 Å². The van der Waals surface area contributed by atoms with Crippen molar-refractivity contribution in [1.29, 1.82) is 0 Å². The summed E-state index contributed by atoms with van der Waals surface area (Å²) < 4.78 is 13.0. The maximum Gasteiger partial charge on any atom is 0.292 e. The molecule has 2 aromatic rings. The van der Waals surface area contributed by atoms with Crippen LogP contribution in [-0.4, -0.2) is 4.92 Å². The zero-order valence-corrected chi connectivity index (χ0v) is 12.4. The molecule has 2 aromatic carbocycles. The number of rotatable bonds is 4. The number of hydrogen-bond acceptors (Lipinski definition) is 3. The molecule has 0 aliphatic rings. The minimum Gasteiger partial charge on any atom is -0.375 e. The van der Waals surface area contributed by atoms with Crippen molar-refractivity contribution >= 4 is 23.0 Å². The molecule has 6 heteroatoms. The van der Waals surface area contributed by atoms with E-state index in [4.69, 9.17) is 11.6 Å². The number of nitrogens with zero attached hydrogens (tertiary/aromatic N) is 1. The van der Waals surface area contributed by atoms with Gasteiger partial charge in [-0.2, -0.15) is 0 Å². The zero-order chi connectivity index (χ0) is 15.6. The van der Waals surface area contributed by atoms with E-state index in [0.29, 0.717) is 11.3 Å². The summed E-state index contributed by atoms with van der Waals surface area (Å²) >= 11 is 5.94. The molecule has 0 unspecified atom stereocenters. The molecule has 0 fully saturated rings. The van der Waals surface area contributed by atoms with Crippen LogP contribution in [0.1, 0.15) is 16.7 Å². The molecule has 0 atom stereocenters. The van der Waals surface area contributed by atoms with Gasteiger partial charge in [-0.1, -0.05) is 17.7 Å². The Morgan fingerprint density at radius 3 is 2.52 bits per heavy atom. The fourth-order valence-corrected chi connectivity index (χ4v) is 2.18. The van der Waals surface area contributed by atoms with Gasteiger partial charge in [0.05, 0.1) is 4.92 Å². The molecule has 0 spiro atoms. The molecule has 0 aliphatic carbocycles. The third-order valence-electron chi connectivity index (χ3n) is 3.29.